The van der Waals surface area contributed by atoms with E-state index in [-0.39, 0.29) is 11.4 Å². The maximum atomic E-state index is 12.6. The van der Waals surface area contributed by atoms with Gasteiger partial charge in [0.05, 0.1) is 11.9 Å². The lowest BCUT2D eigenvalue weighted by atomic mass is 9.99. The number of hydrogen-bond donors (Lipinski definition) is 2. The summed E-state index contributed by atoms with van der Waals surface area (Å²) < 4.78 is 26.7. The van der Waals surface area contributed by atoms with Crippen LogP contribution in [0.25, 0.3) is 0 Å². The molecular weight excluding hydrogens is 252 g/mol. The van der Waals surface area contributed by atoms with E-state index in [0.717, 1.165) is 0 Å². The first-order valence-corrected chi connectivity index (χ1v) is 7.50. The van der Waals surface area contributed by atoms with Gasteiger partial charge in [0, 0.05) is 18.6 Å². The van der Waals surface area contributed by atoms with Gasteiger partial charge >= 0.3 is 0 Å². The number of nitrogens with two attached hydrogens (primary N) is 1. The highest BCUT2D eigenvalue weighted by molar-refractivity contribution is 7.89. The van der Waals surface area contributed by atoms with Gasteiger partial charge in [-0.25, -0.2) is 8.42 Å². The van der Waals surface area contributed by atoms with Crippen LogP contribution in [0.4, 0.5) is 0 Å². The Bertz CT molecular complexity index is 491. The van der Waals surface area contributed by atoms with Crippen LogP contribution < -0.4 is 5.73 Å². The Morgan fingerprint density at radius 1 is 1.50 bits per heavy atom. The molecular formula is C11H22N4O2S. The fraction of sp³-hybridized carbons (Fsp3) is 0.727. The molecule has 0 saturated carbocycles. The number of nitrogens with one attached hydrogen (secondary N) is 1. The smallest absolute Gasteiger partial charge is 0.246 e. The molecule has 1 aromatic rings. The van der Waals surface area contributed by atoms with Crippen molar-refractivity contribution in [2.24, 2.45) is 5.73 Å². The van der Waals surface area contributed by atoms with E-state index in [1.54, 1.807) is 6.92 Å². The highest BCUT2D eigenvalue weighted by atomic mass is 32.2. The Morgan fingerprint density at radius 3 is 2.44 bits per heavy atom. The van der Waals surface area contributed by atoms with Crippen LogP contribution in [0.3, 0.4) is 0 Å². The van der Waals surface area contributed by atoms with Crippen molar-refractivity contribution < 1.29 is 8.42 Å². The number of likely N-dealkylation sites (N-methyl/N-ethyl adjacent to an activating group) is 1. The highest BCUT2D eigenvalue weighted by Gasteiger charge is 2.38. The summed E-state index contributed by atoms with van der Waals surface area (Å²) in [5, 5.41) is 6.43. The molecule has 1 unspecified atom stereocenters. The molecule has 0 aliphatic carbocycles. The Kier molecular flexibility index (Phi) is 4.52. The fourth-order valence-electron chi connectivity index (χ4n) is 1.98. The summed E-state index contributed by atoms with van der Waals surface area (Å²) in [7, 11) is -3.56. The van der Waals surface area contributed by atoms with Gasteiger partial charge in [-0.15, -0.1) is 0 Å². The zero-order valence-corrected chi connectivity index (χ0v) is 12.2. The third kappa shape index (κ3) is 2.43. The number of hydrogen-bond acceptors (Lipinski definition) is 4. The van der Waals surface area contributed by atoms with Crippen molar-refractivity contribution in [2.45, 2.75) is 44.6 Å². The van der Waals surface area contributed by atoms with E-state index < -0.39 is 15.6 Å². The summed E-state index contributed by atoms with van der Waals surface area (Å²) in [4.78, 5) is 0.220. The average Bonchev–Trinajstić information content (AvgIpc) is 2.76. The molecule has 1 rings (SSSR count). The molecule has 6 nitrogen and oxygen atoms in total. The second kappa shape index (κ2) is 5.38. The Hall–Kier alpha value is -0.920. The van der Waals surface area contributed by atoms with Crippen molar-refractivity contribution in [3.05, 3.63) is 11.9 Å². The summed E-state index contributed by atoms with van der Waals surface area (Å²) >= 11 is 0. The van der Waals surface area contributed by atoms with Crippen LogP contribution in [0.1, 0.15) is 32.9 Å². The Labute approximate surface area is 109 Å². The van der Waals surface area contributed by atoms with E-state index in [2.05, 4.69) is 10.2 Å². The van der Waals surface area contributed by atoms with Crippen molar-refractivity contribution in [2.75, 3.05) is 13.1 Å². The molecule has 7 heteroatoms. The van der Waals surface area contributed by atoms with E-state index in [1.807, 2.05) is 20.8 Å². The lowest BCUT2D eigenvalue weighted by molar-refractivity contribution is 0.214. The van der Waals surface area contributed by atoms with Gasteiger partial charge in [-0.3, -0.25) is 5.10 Å². The number of aromatic nitrogens is 2. The van der Waals surface area contributed by atoms with Crippen LogP contribution >= 0.6 is 0 Å². The predicted octanol–water partition coefficient (Wildman–Crippen LogP) is 0.856. The molecule has 104 valence electrons. The molecule has 3 N–H and O–H groups in total. The number of aryl methyl sites for hydroxylation is 1. The van der Waals surface area contributed by atoms with Gasteiger partial charge < -0.3 is 5.73 Å². The van der Waals surface area contributed by atoms with Gasteiger partial charge in [0.25, 0.3) is 0 Å². The minimum Gasteiger partial charge on any atom is -0.329 e. The molecule has 0 bridgehead atoms. The normalized spacial score (nSPS) is 15.9. The lowest BCUT2D eigenvalue weighted by Gasteiger charge is -2.38. The van der Waals surface area contributed by atoms with Crippen molar-refractivity contribution in [3.8, 4) is 0 Å². The first-order valence-electron chi connectivity index (χ1n) is 6.06. The van der Waals surface area contributed by atoms with Crippen molar-refractivity contribution in [1.29, 1.82) is 0 Å². The molecule has 0 aliphatic rings. The summed E-state index contributed by atoms with van der Waals surface area (Å²) in [6.07, 6.45) is 2.01. The number of sulfonamides is 1. The number of H-pyrrole nitrogens is 1. The van der Waals surface area contributed by atoms with E-state index in [4.69, 9.17) is 5.73 Å². The molecule has 0 spiro atoms. The zero-order valence-electron chi connectivity index (χ0n) is 11.4. The van der Waals surface area contributed by atoms with E-state index >= 15 is 0 Å². The largest absolute Gasteiger partial charge is 0.329 e. The Morgan fingerprint density at radius 2 is 2.11 bits per heavy atom. The topological polar surface area (TPSA) is 92.1 Å². The van der Waals surface area contributed by atoms with E-state index in [9.17, 15) is 8.42 Å². The molecule has 0 amide bonds. The lowest BCUT2D eigenvalue weighted by Crippen LogP contribution is -2.53. The predicted molar refractivity (Wildman–Crippen MR) is 70.6 cm³/mol. The monoisotopic (exact) mass is 274 g/mol. The van der Waals surface area contributed by atoms with Crippen molar-refractivity contribution in [1.82, 2.24) is 14.5 Å². The maximum absolute atomic E-state index is 12.6. The first-order chi connectivity index (χ1) is 8.33. The third-order valence-corrected chi connectivity index (χ3v) is 5.69. The molecule has 1 heterocycles. The molecule has 1 atom stereocenters. The Balaban J connectivity index is 3.29. The molecule has 1 aromatic heterocycles. The molecule has 18 heavy (non-hydrogen) atoms. The summed E-state index contributed by atoms with van der Waals surface area (Å²) in [5.74, 6) is 0. The van der Waals surface area contributed by atoms with Crippen LogP contribution in [0.5, 0.6) is 0 Å². The van der Waals surface area contributed by atoms with Gasteiger partial charge in [0.2, 0.25) is 10.0 Å². The molecule has 0 aromatic carbocycles. The number of aromatic amines is 1. The summed E-state index contributed by atoms with van der Waals surface area (Å²) in [5.41, 5.74) is 5.73. The van der Waals surface area contributed by atoms with Gasteiger partial charge in [-0.2, -0.15) is 9.40 Å². The van der Waals surface area contributed by atoms with Crippen molar-refractivity contribution in [3.63, 3.8) is 0 Å². The van der Waals surface area contributed by atoms with Crippen molar-refractivity contribution >= 4 is 10.0 Å². The van der Waals surface area contributed by atoms with Crippen LogP contribution in [0.15, 0.2) is 11.1 Å². The van der Waals surface area contributed by atoms with Crippen LogP contribution in [-0.4, -0.2) is 41.5 Å². The molecule has 0 aliphatic heterocycles. The van der Waals surface area contributed by atoms with Gasteiger partial charge in [0.1, 0.15) is 4.90 Å². The zero-order chi connectivity index (χ0) is 14.0. The van der Waals surface area contributed by atoms with E-state index in [0.29, 0.717) is 18.7 Å². The minimum atomic E-state index is -3.56. The highest BCUT2D eigenvalue weighted by Crippen LogP contribution is 2.27. The number of nitrogens with zero attached hydrogens (tertiary/aromatic N) is 2. The van der Waals surface area contributed by atoms with Crippen LogP contribution in [0, 0.1) is 6.92 Å². The van der Waals surface area contributed by atoms with Gasteiger partial charge in [-0.05, 0) is 20.3 Å². The molecule has 0 saturated heterocycles. The average molecular weight is 274 g/mol. The van der Waals surface area contributed by atoms with Crippen LogP contribution in [0.2, 0.25) is 0 Å². The summed E-state index contributed by atoms with van der Waals surface area (Å²) in [6.45, 7) is 7.98. The summed E-state index contributed by atoms with van der Waals surface area (Å²) in [6, 6.07) is 0. The quantitative estimate of drug-likeness (QED) is 0.804. The minimum absolute atomic E-state index is 0.220. The number of rotatable bonds is 6. The van der Waals surface area contributed by atoms with Gasteiger partial charge in [-0.1, -0.05) is 13.8 Å². The van der Waals surface area contributed by atoms with Crippen LogP contribution in [-0.2, 0) is 10.0 Å². The fourth-order valence-corrected chi connectivity index (χ4v) is 3.96. The molecule has 0 fully saturated rings. The first kappa shape index (κ1) is 15.1. The second-order valence-corrected chi connectivity index (χ2v) is 6.41. The van der Waals surface area contributed by atoms with E-state index in [1.165, 1.54) is 10.5 Å². The second-order valence-electron chi connectivity index (χ2n) is 4.58. The SMILES string of the molecule is CCN(C(C)(CC)CN)S(=O)(=O)c1cn[nH]c1C. The third-order valence-electron chi connectivity index (χ3n) is 3.44. The maximum Gasteiger partial charge on any atom is 0.246 e. The standard InChI is InChI=1S/C11H22N4O2S/c1-5-11(4,8-12)15(6-2)18(16,17)10-7-13-14-9(10)3/h7H,5-6,8,12H2,1-4H3,(H,13,14). The molecule has 0 radical (unpaired) electrons. The van der Waals surface area contributed by atoms with Gasteiger partial charge in [0.15, 0.2) is 0 Å².